The second-order valence-corrected chi connectivity index (χ2v) is 12.5. The molecule has 2 aromatic carbocycles. The van der Waals surface area contributed by atoms with Gasteiger partial charge in [0.1, 0.15) is 11.5 Å². The summed E-state index contributed by atoms with van der Waals surface area (Å²) in [6.45, 7) is 10.1. The second kappa shape index (κ2) is 9.49. The molecule has 0 aliphatic carbocycles. The predicted octanol–water partition coefficient (Wildman–Crippen LogP) is 7.56. The number of likely N-dealkylation sites (tertiary alicyclic amines) is 1. The van der Waals surface area contributed by atoms with Crippen molar-refractivity contribution in [1.82, 2.24) is 4.90 Å². The zero-order chi connectivity index (χ0) is 27.5. The van der Waals surface area contributed by atoms with E-state index in [4.69, 9.17) is 9.47 Å². The maximum atomic E-state index is 13.6. The number of carbonyl (C=O) groups excluding carboxylic acids is 1. The van der Waals surface area contributed by atoms with Crippen LogP contribution < -0.4 is 14.8 Å². The van der Waals surface area contributed by atoms with Crippen LogP contribution in [0.3, 0.4) is 0 Å². The fourth-order valence-corrected chi connectivity index (χ4v) is 7.09. The van der Waals surface area contributed by atoms with Gasteiger partial charge >= 0.3 is 0 Å². The lowest BCUT2D eigenvalue weighted by Crippen LogP contribution is -2.35. The number of rotatable bonds is 3. The summed E-state index contributed by atoms with van der Waals surface area (Å²) in [5, 5.41) is 14.3. The molecule has 0 unspecified atom stereocenters. The van der Waals surface area contributed by atoms with E-state index in [0.717, 1.165) is 74.8 Å². The summed E-state index contributed by atoms with van der Waals surface area (Å²) < 4.78 is 12.3. The molecule has 3 aliphatic rings. The quantitative estimate of drug-likeness (QED) is 0.357. The molecule has 0 spiro atoms. The first kappa shape index (κ1) is 25.6. The number of piperidine rings is 1. The topological polar surface area (TPSA) is 71.0 Å². The molecule has 0 saturated carbocycles. The third-order valence-corrected chi connectivity index (χ3v) is 8.69. The molecular formula is C32H34N2O4S. The van der Waals surface area contributed by atoms with Gasteiger partial charge in [0, 0.05) is 45.2 Å². The van der Waals surface area contributed by atoms with Gasteiger partial charge in [-0.1, -0.05) is 12.1 Å². The molecule has 1 amide bonds. The van der Waals surface area contributed by atoms with E-state index in [1.54, 1.807) is 30.6 Å². The highest BCUT2D eigenvalue weighted by molar-refractivity contribution is 7.13. The van der Waals surface area contributed by atoms with E-state index in [1.165, 1.54) is 6.42 Å². The van der Waals surface area contributed by atoms with Crippen LogP contribution in [0.4, 0.5) is 5.69 Å². The first-order valence-electron chi connectivity index (χ1n) is 13.5. The van der Waals surface area contributed by atoms with Crippen LogP contribution in [0, 0.1) is 6.92 Å². The molecule has 4 heterocycles. The lowest BCUT2D eigenvalue weighted by atomic mass is 9.83. The van der Waals surface area contributed by atoms with Gasteiger partial charge in [-0.05, 0) is 82.9 Å². The number of aryl methyl sites for hydroxylation is 1. The molecule has 1 saturated heterocycles. The number of fused-ring (bicyclic) bond motifs is 5. The third-order valence-electron chi connectivity index (χ3n) is 7.69. The van der Waals surface area contributed by atoms with Gasteiger partial charge in [0.05, 0.1) is 23.8 Å². The highest BCUT2D eigenvalue weighted by Gasteiger charge is 2.34. The van der Waals surface area contributed by atoms with E-state index in [2.05, 4.69) is 44.3 Å². The standard InChI is InChI=1S/C32H34N2O4S/c1-18-17-32(3,4)33-22-10-9-20-28(27(18)22)25(38-24-12-11-23(35)30(37-5)29(20)24)16-26-21(15-19(2)39-26)31(36)34-13-7-6-8-14-34/h9-12,15-17,33,35H,6-8,13-14H2,1-5H3/b25-16-. The van der Waals surface area contributed by atoms with Crippen molar-refractivity contribution in [3.05, 3.63) is 62.9 Å². The molecule has 6 rings (SSSR count). The van der Waals surface area contributed by atoms with Crippen LogP contribution in [-0.2, 0) is 0 Å². The molecule has 6 nitrogen and oxygen atoms in total. The number of carbonyl (C=O) groups is 1. The van der Waals surface area contributed by atoms with Gasteiger partial charge in [0.2, 0.25) is 0 Å². The summed E-state index contributed by atoms with van der Waals surface area (Å²) in [4.78, 5) is 17.5. The number of thiophene rings is 1. The molecule has 1 fully saturated rings. The van der Waals surface area contributed by atoms with Gasteiger partial charge in [-0.3, -0.25) is 4.79 Å². The zero-order valence-corrected chi connectivity index (χ0v) is 23.9. The predicted molar refractivity (Wildman–Crippen MR) is 159 cm³/mol. The SMILES string of the molecule is COc1c(O)ccc2c1-c1ccc3c(c1/C(=C/c1sc(C)cc1C(=O)N1CCCCC1)O2)C(C)=CC(C)(C)N3. The van der Waals surface area contributed by atoms with Crippen molar-refractivity contribution in [2.75, 3.05) is 25.5 Å². The molecule has 3 aliphatic heterocycles. The first-order valence-corrected chi connectivity index (χ1v) is 14.3. The highest BCUT2D eigenvalue weighted by atomic mass is 32.1. The van der Waals surface area contributed by atoms with Crippen LogP contribution in [0.2, 0.25) is 0 Å². The minimum Gasteiger partial charge on any atom is -0.504 e. The minimum atomic E-state index is -0.197. The van der Waals surface area contributed by atoms with Crippen LogP contribution in [0.15, 0.2) is 36.4 Å². The Morgan fingerprint density at radius 2 is 1.87 bits per heavy atom. The van der Waals surface area contributed by atoms with Crippen LogP contribution >= 0.6 is 11.3 Å². The van der Waals surface area contributed by atoms with E-state index < -0.39 is 0 Å². The van der Waals surface area contributed by atoms with Crippen LogP contribution in [0.25, 0.3) is 28.5 Å². The Balaban J connectivity index is 1.57. The van der Waals surface area contributed by atoms with Crippen molar-refractivity contribution in [3.63, 3.8) is 0 Å². The molecule has 202 valence electrons. The second-order valence-electron chi connectivity index (χ2n) is 11.2. The van der Waals surface area contributed by atoms with Crippen molar-refractivity contribution in [1.29, 1.82) is 0 Å². The Morgan fingerprint density at radius 3 is 2.62 bits per heavy atom. The lowest BCUT2D eigenvalue weighted by molar-refractivity contribution is 0.0724. The minimum absolute atomic E-state index is 0.0609. The summed E-state index contributed by atoms with van der Waals surface area (Å²) in [7, 11) is 1.56. The summed E-state index contributed by atoms with van der Waals surface area (Å²) in [5.41, 5.74) is 6.28. The summed E-state index contributed by atoms with van der Waals surface area (Å²) in [6, 6.07) is 9.51. The number of allylic oxidation sites excluding steroid dienone is 1. The van der Waals surface area contributed by atoms with Gasteiger partial charge in [-0.2, -0.15) is 0 Å². The molecular weight excluding hydrogens is 508 g/mol. The summed E-state index contributed by atoms with van der Waals surface area (Å²) >= 11 is 1.61. The molecule has 0 atom stereocenters. The number of hydrogen-bond donors (Lipinski definition) is 2. The lowest BCUT2D eigenvalue weighted by Gasteiger charge is -2.35. The number of nitrogens with one attached hydrogen (secondary N) is 1. The van der Waals surface area contributed by atoms with Crippen molar-refractivity contribution in [2.45, 2.75) is 52.5 Å². The van der Waals surface area contributed by atoms with Gasteiger partial charge in [0.15, 0.2) is 11.5 Å². The molecule has 1 aromatic heterocycles. The first-order chi connectivity index (χ1) is 18.7. The number of anilines is 1. The van der Waals surface area contributed by atoms with Gasteiger partial charge < -0.3 is 24.8 Å². The number of methoxy groups -OCH3 is 1. The molecule has 7 heteroatoms. The monoisotopic (exact) mass is 542 g/mol. The fourth-order valence-electron chi connectivity index (χ4n) is 6.14. The number of phenolic OH excluding ortho intramolecular Hbond substituents is 1. The molecule has 39 heavy (non-hydrogen) atoms. The normalized spacial score (nSPS) is 18.3. The Kier molecular flexibility index (Phi) is 6.22. The van der Waals surface area contributed by atoms with Crippen molar-refractivity contribution < 1.29 is 19.4 Å². The van der Waals surface area contributed by atoms with E-state index in [-0.39, 0.29) is 17.2 Å². The third kappa shape index (κ3) is 4.39. The van der Waals surface area contributed by atoms with Crippen LogP contribution in [-0.4, -0.2) is 41.7 Å². The maximum absolute atomic E-state index is 13.6. The van der Waals surface area contributed by atoms with E-state index in [0.29, 0.717) is 17.3 Å². The number of hydrogen-bond acceptors (Lipinski definition) is 6. The van der Waals surface area contributed by atoms with Gasteiger partial charge in [-0.25, -0.2) is 0 Å². The van der Waals surface area contributed by atoms with Crippen molar-refractivity contribution in [3.8, 4) is 28.4 Å². The van der Waals surface area contributed by atoms with Gasteiger partial charge in [0.25, 0.3) is 5.91 Å². The highest BCUT2D eigenvalue weighted by Crippen LogP contribution is 2.54. The average Bonchev–Trinajstić information content (AvgIpc) is 3.27. The van der Waals surface area contributed by atoms with Crippen molar-refractivity contribution in [2.24, 2.45) is 0 Å². The molecule has 0 radical (unpaired) electrons. The Labute approximate surface area is 233 Å². The largest absolute Gasteiger partial charge is 0.504 e. The smallest absolute Gasteiger partial charge is 0.255 e. The molecule has 2 N–H and O–H groups in total. The summed E-state index contributed by atoms with van der Waals surface area (Å²) in [5.74, 6) is 1.80. The number of nitrogens with zero attached hydrogens (tertiary/aromatic N) is 1. The molecule has 0 bridgehead atoms. The van der Waals surface area contributed by atoms with Crippen LogP contribution in [0.5, 0.6) is 17.2 Å². The zero-order valence-electron chi connectivity index (χ0n) is 23.1. The maximum Gasteiger partial charge on any atom is 0.255 e. The van der Waals surface area contributed by atoms with E-state index >= 15 is 0 Å². The number of ether oxygens (including phenoxy) is 2. The Morgan fingerprint density at radius 1 is 1.10 bits per heavy atom. The average molecular weight is 543 g/mol. The van der Waals surface area contributed by atoms with E-state index in [1.807, 2.05) is 24.0 Å². The number of phenols is 1. The van der Waals surface area contributed by atoms with Gasteiger partial charge in [-0.15, -0.1) is 11.3 Å². The fraction of sp³-hybridized carbons (Fsp3) is 0.344. The Hall–Kier alpha value is -3.71. The number of aromatic hydroxyl groups is 1. The number of benzene rings is 2. The van der Waals surface area contributed by atoms with E-state index in [9.17, 15) is 9.90 Å². The number of amides is 1. The Bertz CT molecular complexity index is 1560. The molecule has 3 aromatic rings. The summed E-state index contributed by atoms with van der Waals surface area (Å²) in [6.07, 6.45) is 7.52. The van der Waals surface area contributed by atoms with Crippen LogP contribution in [0.1, 0.15) is 71.3 Å². The van der Waals surface area contributed by atoms with Crippen molar-refractivity contribution >= 4 is 40.3 Å².